The van der Waals surface area contributed by atoms with Crippen molar-refractivity contribution in [3.8, 4) is 5.75 Å². The van der Waals surface area contributed by atoms with Gasteiger partial charge in [0.25, 0.3) is 5.91 Å². The third-order valence-corrected chi connectivity index (χ3v) is 5.03. The van der Waals surface area contributed by atoms with Crippen LogP contribution in [0.25, 0.3) is 10.9 Å². The van der Waals surface area contributed by atoms with Gasteiger partial charge < -0.3 is 9.47 Å². The quantitative estimate of drug-likeness (QED) is 0.381. The fraction of sp³-hybridized carbons (Fsp3) is 0.273. The van der Waals surface area contributed by atoms with Gasteiger partial charge in [0.05, 0.1) is 26.7 Å². The predicted molar refractivity (Wildman–Crippen MR) is 115 cm³/mol. The first kappa shape index (κ1) is 23.9. The van der Waals surface area contributed by atoms with E-state index in [2.05, 4.69) is 4.74 Å². The van der Waals surface area contributed by atoms with Crippen LogP contribution in [-0.4, -0.2) is 28.4 Å². The van der Waals surface area contributed by atoms with Crippen molar-refractivity contribution >= 4 is 46.0 Å². The van der Waals surface area contributed by atoms with Crippen molar-refractivity contribution in [1.29, 1.82) is 0 Å². The Morgan fingerprint density at radius 1 is 1.03 bits per heavy atom. The van der Waals surface area contributed by atoms with Crippen molar-refractivity contribution in [2.45, 2.75) is 39.7 Å². The summed E-state index contributed by atoms with van der Waals surface area (Å²) in [7, 11) is 0. The highest BCUT2D eigenvalue weighted by Crippen LogP contribution is 2.34. The van der Waals surface area contributed by atoms with E-state index in [4.69, 9.17) is 27.9 Å². The number of benzene rings is 2. The molecule has 0 bridgehead atoms. The van der Waals surface area contributed by atoms with Crippen molar-refractivity contribution in [3.63, 3.8) is 0 Å². The summed E-state index contributed by atoms with van der Waals surface area (Å²) >= 11 is 12.6. The van der Waals surface area contributed by atoms with E-state index >= 15 is 0 Å². The molecule has 5 nitrogen and oxygen atoms in total. The standard InChI is InChI=1S/C22H18Cl2F3NO4/c1-11-9-13(31-22(25,26)27)10-12-7-8-28(18(11)12)19(29)16-15(23)6-5-14(17(16)24)20(30)32-21(2,3)4/h5-10H,1-4H3. The number of nitrogens with zero attached hydrogens (tertiary/aromatic N) is 1. The molecule has 0 aliphatic rings. The van der Waals surface area contributed by atoms with E-state index in [1.54, 1.807) is 20.8 Å². The molecule has 0 spiro atoms. The SMILES string of the molecule is Cc1cc(OC(F)(F)F)cc2ccn(C(=O)c3c(Cl)ccc(C(=O)OC(C)(C)C)c3Cl)c12. The van der Waals surface area contributed by atoms with Gasteiger partial charge in [0.2, 0.25) is 0 Å². The third kappa shape index (κ3) is 5.02. The van der Waals surface area contributed by atoms with E-state index in [1.165, 1.54) is 48.0 Å². The van der Waals surface area contributed by atoms with E-state index in [0.717, 1.165) is 0 Å². The van der Waals surface area contributed by atoms with Gasteiger partial charge in [0.15, 0.2) is 0 Å². The second kappa shape index (κ2) is 8.33. The maximum atomic E-state index is 13.3. The molecule has 2 aromatic carbocycles. The van der Waals surface area contributed by atoms with Crippen LogP contribution in [-0.2, 0) is 4.74 Å². The van der Waals surface area contributed by atoms with Crippen LogP contribution in [0.15, 0.2) is 36.5 Å². The lowest BCUT2D eigenvalue weighted by Gasteiger charge is -2.20. The molecule has 0 radical (unpaired) electrons. The van der Waals surface area contributed by atoms with Crippen LogP contribution in [0.4, 0.5) is 13.2 Å². The summed E-state index contributed by atoms with van der Waals surface area (Å²) in [5.74, 6) is -1.79. The predicted octanol–water partition coefficient (Wildman–Crippen LogP) is 6.80. The summed E-state index contributed by atoms with van der Waals surface area (Å²) in [6, 6.07) is 6.51. The number of hydrogen-bond acceptors (Lipinski definition) is 4. The minimum absolute atomic E-state index is 0.00355. The normalized spacial score (nSPS) is 12.2. The summed E-state index contributed by atoms with van der Waals surface area (Å²) < 4.78 is 48.2. The molecule has 0 atom stereocenters. The lowest BCUT2D eigenvalue weighted by atomic mass is 10.1. The van der Waals surface area contributed by atoms with Gasteiger partial charge in [0, 0.05) is 11.6 Å². The van der Waals surface area contributed by atoms with Crippen LogP contribution >= 0.6 is 23.2 Å². The molecule has 0 saturated heterocycles. The smallest absolute Gasteiger partial charge is 0.456 e. The second-order valence-corrected chi connectivity index (χ2v) is 8.79. The number of aromatic nitrogens is 1. The number of halogens is 5. The third-order valence-electron chi connectivity index (χ3n) is 4.32. The maximum absolute atomic E-state index is 13.3. The summed E-state index contributed by atoms with van der Waals surface area (Å²) in [5.41, 5.74) is -0.253. The number of fused-ring (bicyclic) bond motifs is 1. The Bertz CT molecular complexity index is 1230. The molecule has 0 N–H and O–H groups in total. The Kier molecular flexibility index (Phi) is 6.23. The van der Waals surface area contributed by atoms with Crippen LogP contribution < -0.4 is 4.74 Å². The molecular formula is C22H18Cl2F3NO4. The zero-order valence-corrected chi connectivity index (χ0v) is 18.9. The van der Waals surface area contributed by atoms with Gasteiger partial charge in [-0.1, -0.05) is 23.2 Å². The zero-order valence-electron chi connectivity index (χ0n) is 17.4. The Hall–Kier alpha value is -2.71. The zero-order chi connectivity index (χ0) is 24.0. The van der Waals surface area contributed by atoms with Crippen LogP contribution in [0, 0.1) is 6.92 Å². The largest absolute Gasteiger partial charge is 0.573 e. The van der Waals surface area contributed by atoms with Crippen LogP contribution in [0.5, 0.6) is 5.75 Å². The monoisotopic (exact) mass is 487 g/mol. The van der Waals surface area contributed by atoms with Gasteiger partial charge in [-0.25, -0.2) is 4.79 Å². The molecule has 0 amide bonds. The Labute approximate surface area is 191 Å². The minimum atomic E-state index is -4.85. The Morgan fingerprint density at radius 2 is 1.69 bits per heavy atom. The topological polar surface area (TPSA) is 57.5 Å². The highest BCUT2D eigenvalue weighted by Gasteiger charge is 2.32. The molecule has 1 aromatic heterocycles. The number of esters is 1. The number of aryl methyl sites for hydroxylation is 1. The number of carbonyl (C=O) groups excluding carboxylic acids is 2. The van der Waals surface area contributed by atoms with E-state index in [9.17, 15) is 22.8 Å². The summed E-state index contributed by atoms with van der Waals surface area (Å²) in [6.45, 7) is 6.60. The fourth-order valence-electron chi connectivity index (χ4n) is 3.18. The van der Waals surface area contributed by atoms with E-state index in [-0.39, 0.29) is 21.2 Å². The van der Waals surface area contributed by atoms with Gasteiger partial charge in [-0.3, -0.25) is 9.36 Å². The molecule has 0 aliphatic heterocycles. The number of alkyl halides is 3. The highest BCUT2D eigenvalue weighted by molar-refractivity contribution is 6.41. The minimum Gasteiger partial charge on any atom is -0.456 e. The van der Waals surface area contributed by atoms with E-state index < -0.39 is 29.6 Å². The molecule has 170 valence electrons. The highest BCUT2D eigenvalue weighted by atomic mass is 35.5. The Morgan fingerprint density at radius 3 is 2.28 bits per heavy atom. The summed E-state index contributed by atoms with van der Waals surface area (Å²) in [5, 5.41) is 0.158. The average molecular weight is 488 g/mol. The molecule has 0 saturated carbocycles. The molecule has 3 aromatic rings. The maximum Gasteiger partial charge on any atom is 0.573 e. The van der Waals surface area contributed by atoms with Crippen molar-refractivity contribution < 1.29 is 32.2 Å². The van der Waals surface area contributed by atoms with Gasteiger partial charge >= 0.3 is 12.3 Å². The molecular weight excluding hydrogens is 470 g/mol. The number of rotatable bonds is 3. The molecule has 0 aliphatic carbocycles. The summed E-state index contributed by atoms with van der Waals surface area (Å²) in [4.78, 5) is 25.8. The number of hydrogen-bond donors (Lipinski definition) is 0. The molecule has 3 rings (SSSR count). The van der Waals surface area contributed by atoms with Gasteiger partial charge in [-0.05, 0) is 63.6 Å². The average Bonchev–Trinajstić information content (AvgIpc) is 3.03. The second-order valence-electron chi connectivity index (χ2n) is 8.00. The number of carbonyl (C=O) groups is 2. The van der Waals surface area contributed by atoms with Crippen molar-refractivity contribution in [3.05, 3.63) is 63.3 Å². The van der Waals surface area contributed by atoms with Crippen molar-refractivity contribution in [2.24, 2.45) is 0 Å². The lowest BCUT2D eigenvalue weighted by molar-refractivity contribution is -0.274. The Balaban J connectivity index is 2.08. The molecule has 1 heterocycles. The summed E-state index contributed by atoms with van der Waals surface area (Å²) in [6.07, 6.45) is -3.47. The van der Waals surface area contributed by atoms with Gasteiger partial charge in [-0.15, -0.1) is 13.2 Å². The number of ether oxygens (including phenoxy) is 2. The van der Waals surface area contributed by atoms with Gasteiger partial charge in [0.1, 0.15) is 11.4 Å². The van der Waals surface area contributed by atoms with Crippen LogP contribution in [0.1, 0.15) is 47.1 Å². The van der Waals surface area contributed by atoms with Crippen molar-refractivity contribution in [2.75, 3.05) is 0 Å². The first-order valence-electron chi connectivity index (χ1n) is 9.31. The van der Waals surface area contributed by atoms with E-state index in [0.29, 0.717) is 16.5 Å². The van der Waals surface area contributed by atoms with Gasteiger partial charge in [-0.2, -0.15) is 0 Å². The van der Waals surface area contributed by atoms with E-state index in [1.807, 2.05) is 0 Å². The molecule has 0 unspecified atom stereocenters. The fourth-order valence-corrected chi connectivity index (χ4v) is 3.79. The first-order chi connectivity index (χ1) is 14.7. The molecule has 10 heteroatoms. The first-order valence-corrected chi connectivity index (χ1v) is 10.1. The van der Waals surface area contributed by atoms with Crippen LogP contribution in [0.2, 0.25) is 10.0 Å². The molecule has 32 heavy (non-hydrogen) atoms. The van der Waals surface area contributed by atoms with Crippen molar-refractivity contribution in [1.82, 2.24) is 4.57 Å². The lowest BCUT2D eigenvalue weighted by Crippen LogP contribution is -2.24. The molecule has 0 fully saturated rings. The van der Waals surface area contributed by atoms with Crippen LogP contribution in [0.3, 0.4) is 0 Å².